The van der Waals surface area contributed by atoms with Gasteiger partial charge in [-0.15, -0.1) is 0 Å². The second kappa shape index (κ2) is 9.51. The summed E-state index contributed by atoms with van der Waals surface area (Å²) in [6.45, 7) is 12.3. The van der Waals surface area contributed by atoms with Crippen LogP contribution in [0.4, 0.5) is 0 Å². The van der Waals surface area contributed by atoms with Gasteiger partial charge in [0.1, 0.15) is 22.8 Å². The van der Waals surface area contributed by atoms with Gasteiger partial charge in [0.15, 0.2) is 17.2 Å². The number of ketones is 3. The molecule has 1 unspecified atom stereocenters. The molecule has 230 valence electrons. The first-order valence-corrected chi connectivity index (χ1v) is 15.4. The number of phenolic OH excluding ortho intramolecular Hbond substituents is 1. The fourth-order valence-electron chi connectivity index (χ4n) is 9.03. The van der Waals surface area contributed by atoms with Crippen LogP contribution in [0.5, 0.6) is 5.75 Å². The maximum absolute atomic E-state index is 14.6. The van der Waals surface area contributed by atoms with Gasteiger partial charge in [0.25, 0.3) is 0 Å². The van der Waals surface area contributed by atoms with Crippen molar-refractivity contribution in [1.82, 2.24) is 0 Å². The summed E-state index contributed by atoms with van der Waals surface area (Å²) >= 11 is 0. The number of fused-ring (bicyclic) bond motifs is 4. The van der Waals surface area contributed by atoms with E-state index < -0.39 is 56.8 Å². The third-order valence-corrected chi connectivity index (χ3v) is 10.8. The molecule has 0 bridgehead atoms. The van der Waals surface area contributed by atoms with Crippen LogP contribution in [0.15, 0.2) is 47.2 Å². The molecule has 0 amide bonds. The summed E-state index contributed by atoms with van der Waals surface area (Å²) in [5.41, 5.74) is -0.398. The smallest absolute Gasteiger partial charge is 0.203 e. The molecule has 1 fully saturated rings. The summed E-state index contributed by atoms with van der Waals surface area (Å²) in [4.78, 5) is 41.0. The Morgan fingerprint density at radius 3 is 2.27 bits per heavy atom. The molecular weight excluding hydrogens is 556 g/mol. The number of benzene rings is 2. The summed E-state index contributed by atoms with van der Waals surface area (Å²) in [6.07, 6.45) is 2.96. The Morgan fingerprint density at radius 2 is 1.68 bits per heavy atom. The van der Waals surface area contributed by atoms with E-state index in [1.807, 2.05) is 57.2 Å². The quantitative estimate of drug-likeness (QED) is 0.300. The summed E-state index contributed by atoms with van der Waals surface area (Å²) in [7, 11) is 0. The van der Waals surface area contributed by atoms with Crippen LogP contribution in [0.2, 0.25) is 0 Å². The summed E-state index contributed by atoms with van der Waals surface area (Å²) in [5.74, 6) is -5.11. The lowest BCUT2D eigenvalue weighted by Gasteiger charge is -2.60. The Labute approximate surface area is 257 Å². The fraction of sp³-hybridized carbons (Fsp3) is 0.432. The molecule has 1 saturated carbocycles. The third-order valence-electron chi connectivity index (χ3n) is 10.8. The number of phenols is 1. The van der Waals surface area contributed by atoms with E-state index in [9.17, 15) is 34.8 Å². The predicted molar refractivity (Wildman–Crippen MR) is 168 cm³/mol. The molecule has 4 aliphatic carbocycles. The Hall–Kier alpha value is -3.97. The van der Waals surface area contributed by atoms with Gasteiger partial charge >= 0.3 is 0 Å². The monoisotopic (exact) mass is 596 g/mol. The first kappa shape index (κ1) is 30.1. The molecule has 4 aliphatic rings. The van der Waals surface area contributed by atoms with Crippen LogP contribution in [0.1, 0.15) is 94.2 Å². The molecule has 0 aliphatic heterocycles. The largest absolute Gasteiger partial charge is 0.508 e. The molecule has 7 nitrogen and oxygen atoms in total. The highest BCUT2D eigenvalue weighted by Crippen LogP contribution is 2.65. The minimum atomic E-state index is -2.62. The van der Waals surface area contributed by atoms with Crippen molar-refractivity contribution < 1.29 is 34.8 Å². The summed E-state index contributed by atoms with van der Waals surface area (Å²) < 4.78 is 0. The number of carbonyl (C=O) groups excluding carboxylic acids is 3. The Bertz CT molecular complexity index is 1790. The van der Waals surface area contributed by atoms with E-state index in [1.54, 1.807) is 20.8 Å². The first-order valence-electron chi connectivity index (χ1n) is 15.4. The van der Waals surface area contributed by atoms with Crippen LogP contribution in [0.25, 0.3) is 17.4 Å². The molecule has 2 aromatic rings. The Balaban J connectivity index is 1.62. The number of aromatic hydroxyl groups is 1. The van der Waals surface area contributed by atoms with Crippen LogP contribution >= 0.6 is 0 Å². The van der Waals surface area contributed by atoms with Gasteiger partial charge in [-0.25, -0.2) is 0 Å². The molecule has 0 saturated heterocycles. The van der Waals surface area contributed by atoms with Gasteiger partial charge < -0.3 is 20.4 Å². The van der Waals surface area contributed by atoms with E-state index in [2.05, 4.69) is 0 Å². The van der Waals surface area contributed by atoms with Gasteiger partial charge in [-0.2, -0.15) is 0 Å². The molecule has 4 atom stereocenters. The van der Waals surface area contributed by atoms with Crippen molar-refractivity contribution in [1.29, 1.82) is 0 Å². The molecule has 0 spiro atoms. The van der Waals surface area contributed by atoms with Crippen LogP contribution in [-0.4, -0.2) is 43.4 Å². The molecule has 44 heavy (non-hydrogen) atoms. The van der Waals surface area contributed by atoms with Crippen molar-refractivity contribution in [2.24, 2.45) is 22.7 Å². The minimum Gasteiger partial charge on any atom is -0.508 e. The first-order chi connectivity index (χ1) is 20.5. The van der Waals surface area contributed by atoms with Gasteiger partial charge in [-0.1, -0.05) is 71.9 Å². The van der Waals surface area contributed by atoms with Crippen LogP contribution in [-0.2, 0) is 27.2 Å². The number of rotatable bonds is 4. The maximum Gasteiger partial charge on any atom is 0.203 e. The number of hydrogen-bond acceptors (Lipinski definition) is 7. The topological polar surface area (TPSA) is 132 Å². The summed E-state index contributed by atoms with van der Waals surface area (Å²) in [6, 6.07) is 9.96. The van der Waals surface area contributed by atoms with Gasteiger partial charge in [-0.05, 0) is 71.9 Å². The van der Waals surface area contributed by atoms with E-state index in [4.69, 9.17) is 0 Å². The number of hydrogen-bond donors (Lipinski definition) is 4. The van der Waals surface area contributed by atoms with Crippen molar-refractivity contribution >= 4 is 34.8 Å². The lowest BCUT2D eigenvalue weighted by atomic mass is 9.43. The Kier molecular flexibility index (Phi) is 6.50. The number of aliphatic hydroxyl groups excluding tert-OH is 2. The van der Waals surface area contributed by atoms with Crippen molar-refractivity contribution in [2.75, 3.05) is 0 Å². The highest BCUT2D eigenvalue weighted by atomic mass is 16.3. The molecule has 0 heterocycles. The molecule has 7 heteroatoms. The lowest BCUT2D eigenvalue weighted by molar-refractivity contribution is -0.178. The average Bonchev–Trinajstić information content (AvgIpc) is 3.34. The minimum absolute atomic E-state index is 0.0158. The zero-order valence-corrected chi connectivity index (χ0v) is 26.3. The predicted octanol–water partition coefficient (Wildman–Crippen LogP) is 6.41. The average molecular weight is 597 g/mol. The number of aliphatic hydroxyl groups is 3. The zero-order valence-electron chi connectivity index (χ0n) is 26.3. The van der Waals surface area contributed by atoms with Gasteiger partial charge in [-0.3, -0.25) is 14.4 Å². The summed E-state index contributed by atoms with van der Waals surface area (Å²) in [5, 5.41) is 47.6. The van der Waals surface area contributed by atoms with Crippen molar-refractivity contribution in [3.8, 4) is 5.75 Å². The lowest BCUT2D eigenvalue weighted by Crippen LogP contribution is -2.69. The van der Waals surface area contributed by atoms with E-state index in [-0.39, 0.29) is 41.6 Å². The standard InChI is InChI=1S/C37H40O7/c1-17(2)23-14-24(22-12-20-10-8-9-11-21(20)13-22)30(39)27-25(23)15-35(6)16-36(7)28(18(3)4)31(40)26(19(5)38)33(42)37(36,44)34(43)29(35)32(27)41/h8-12,14,17-18,28,39,41-42,44H,13,15-16H2,1-7H3/t28?,35-,36-,37+/m1/s1. The second-order valence-corrected chi connectivity index (χ2v) is 14.4. The third kappa shape index (κ3) is 3.68. The molecule has 0 aromatic heterocycles. The van der Waals surface area contributed by atoms with Crippen LogP contribution < -0.4 is 0 Å². The fourth-order valence-corrected chi connectivity index (χ4v) is 9.03. The number of Topliss-reactive ketones (excluding diaryl/α,β-unsaturated/α-hetero) is 3. The number of carbonyl (C=O) groups is 3. The highest BCUT2D eigenvalue weighted by Gasteiger charge is 2.72. The van der Waals surface area contributed by atoms with Gasteiger partial charge in [0, 0.05) is 27.9 Å². The van der Waals surface area contributed by atoms with Crippen molar-refractivity contribution in [3.63, 3.8) is 0 Å². The van der Waals surface area contributed by atoms with Crippen molar-refractivity contribution in [3.05, 3.63) is 80.6 Å². The molecule has 2 aromatic carbocycles. The van der Waals surface area contributed by atoms with Crippen LogP contribution in [0.3, 0.4) is 0 Å². The Morgan fingerprint density at radius 1 is 1.02 bits per heavy atom. The molecule has 4 N–H and O–H groups in total. The molecule has 6 rings (SSSR count). The number of allylic oxidation sites excluding steroid dienone is 2. The van der Waals surface area contributed by atoms with E-state index in [0.29, 0.717) is 12.0 Å². The van der Waals surface area contributed by atoms with Gasteiger partial charge in [0.2, 0.25) is 5.78 Å². The normalized spacial score (nSPS) is 29.5. The SMILES string of the molecule is CC(=O)C1=C(O)[C@]2(O)C(=O)C3=C(O)c4c(O)c(C5=Cc6ccccc6C5)cc(C(C)C)c4C[C@]3(C)C[C@]2(C)C(C(C)C)C1=O. The maximum atomic E-state index is 14.6. The van der Waals surface area contributed by atoms with E-state index in [0.717, 1.165) is 34.8 Å². The van der Waals surface area contributed by atoms with Crippen molar-refractivity contribution in [2.45, 2.75) is 79.2 Å². The van der Waals surface area contributed by atoms with Gasteiger partial charge in [0.05, 0.1) is 5.56 Å². The van der Waals surface area contributed by atoms with Crippen LogP contribution in [0, 0.1) is 22.7 Å². The van der Waals surface area contributed by atoms with E-state index in [1.165, 1.54) is 0 Å². The zero-order chi connectivity index (χ0) is 32.3. The molecular formula is C37H40O7. The second-order valence-electron chi connectivity index (χ2n) is 14.4. The molecule has 0 radical (unpaired) electrons. The van der Waals surface area contributed by atoms with E-state index >= 15 is 0 Å². The highest BCUT2D eigenvalue weighted by molar-refractivity contribution is 6.24.